The molecule has 2 unspecified atom stereocenters. The third-order valence-corrected chi connectivity index (χ3v) is 3.05. The molecule has 2 N–H and O–H groups in total. The van der Waals surface area contributed by atoms with Crippen molar-refractivity contribution in [3.05, 3.63) is 24.3 Å². The molecule has 0 radical (unpaired) electrons. The number of ether oxygens (including phenoxy) is 2. The smallest absolute Gasteiger partial charge is 0.325 e. The number of hydrogen-bond donors (Lipinski definition) is 2. The molecule has 2 atom stereocenters. The summed E-state index contributed by atoms with van der Waals surface area (Å²) >= 11 is 0. The Balaban J connectivity index is 1.82. The van der Waals surface area contributed by atoms with Gasteiger partial charge in [0.15, 0.2) is 0 Å². The Labute approximate surface area is 117 Å². The minimum atomic E-state index is -0.798. The summed E-state index contributed by atoms with van der Waals surface area (Å²) in [7, 11) is 0. The Hall–Kier alpha value is -1.63. The fraction of sp³-hybridized carbons (Fsp3) is 0.500. The number of benzene rings is 1. The van der Waals surface area contributed by atoms with E-state index < -0.39 is 18.2 Å². The molecule has 1 saturated heterocycles. The van der Waals surface area contributed by atoms with E-state index in [2.05, 4.69) is 0 Å². The number of aliphatic hydroxyl groups excluding tert-OH is 2. The van der Waals surface area contributed by atoms with Gasteiger partial charge in [0.05, 0.1) is 25.4 Å². The molecule has 110 valence electrons. The Bertz CT molecular complexity index is 437. The lowest BCUT2D eigenvalue weighted by atomic mass is 10.3. The molecule has 0 bridgehead atoms. The number of β-amino-alcohol motifs (C(OH)–C–C–N with tert-alkyl or cyclic N) is 2. The van der Waals surface area contributed by atoms with E-state index >= 15 is 0 Å². The second-order valence-electron chi connectivity index (χ2n) is 4.71. The number of carbonyl (C=O) groups is 1. The van der Waals surface area contributed by atoms with E-state index in [0.717, 1.165) is 5.75 Å². The summed E-state index contributed by atoms with van der Waals surface area (Å²) in [5.74, 6) is 0.743. The first-order valence-electron chi connectivity index (χ1n) is 6.60. The third kappa shape index (κ3) is 3.93. The van der Waals surface area contributed by atoms with Gasteiger partial charge in [0.25, 0.3) is 0 Å². The fourth-order valence-electron chi connectivity index (χ4n) is 2.09. The Kier molecular flexibility index (Phi) is 4.94. The van der Waals surface area contributed by atoms with Gasteiger partial charge in [-0.15, -0.1) is 0 Å². The van der Waals surface area contributed by atoms with Crippen LogP contribution in [0.25, 0.3) is 0 Å². The predicted octanol–water partition coefficient (Wildman–Crippen LogP) is 0.0281. The molecule has 0 aliphatic carbocycles. The molecule has 0 spiro atoms. The lowest BCUT2D eigenvalue weighted by Crippen LogP contribution is -2.31. The van der Waals surface area contributed by atoms with E-state index in [0.29, 0.717) is 12.4 Å². The van der Waals surface area contributed by atoms with E-state index in [1.54, 1.807) is 29.2 Å². The van der Waals surface area contributed by atoms with E-state index in [1.165, 1.54) is 0 Å². The van der Waals surface area contributed by atoms with Gasteiger partial charge in [-0.25, -0.2) is 0 Å². The first kappa shape index (κ1) is 14.8. The van der Waals surface area contributed by atoms with Crippen molar-refractivity contribution < 1.29 is 24.5 Å². The molecule has 1 aliphatic heterocycles. The van der Waals surface area contributed by atoms with E-state index in [4.69, 9.17) is 9.47 Å². The standard InChI is InChI=1S/C14H19NO5/c1-2-19-10-3-5-11(6-4-10)20-14(18)9-15-7-12(16)13(17)8-15/h3-6,12-13,16-17H,2,7-9H2,1H3. The van der Waals surface area contributed by atoms with Crippen molar-refractivity contribution in [1.82, 2.24) is 4.90 Å². The van der Waals surface area contributed by atoms with Gasteiger partial charge in [0.1, 0.15) is 11.5 Å². The van der Waals surface area contributed by atoms with Crippen LogP contribution in [0, 0.1) is 0 Å². The summed E-state index contributed by atoms with van der Waals surface area (Å²) < 4.78 is 10.5. The van der Waals surface area contributed by atoms with Crippen molar-refractivity contribution in [2.24, 2.45) is 0 Å². The van der Waals surface area contributed by atoms with Crippen LogP contribution in [-0.2, 0) is 4.79 Å². The average Bonchev–Trinajstić information content (AvgIpc) is 2.71. The summed E-state index contributed by atoms with van der Waals surface area (Å²) in [6.07, 6.45) is -1.60. The van der Waals surface area contributed by atoms with Gasteiger partial charge in [0, 0.05) is 13.1 Å². The second-order valence-corrected chi connectivity index (χ2v) is 4.71. The average molecular weight is 281 g/mol. The van der Waals surface area contributed by atoms with E-state index in [-0.39, 0.29) is 19.6 Å². The van der Waals surface area contributed by atoms with Crippen LogP contribution in [0.2, 0.25) is 0 Å². The van der Waals surface area contributed by atoms with Gasteiger partial charge >= 0.3 is 5.97 Å². The first-order chi connectivity index (χ1) is 9.58. The molecule has 1 aromatic carbocycles. The first-order valence-corrected chi connectivity index (χ1v) is 6.60. The molecule has 20 heavy (non-hydrogen) atoms. The molecular weight excluding hydrogens is 262 g/mol. The SMILES string of the molecule is CCOc1ccc(OC(=O)CN2CC(O)C(O)C2)cc1. The molecular formula is C14H19NO5. The lowest BCUT2D eigenvalue weighted by molar-refractivity contribution is -0.135. The van der Waals surface area contributed by atoms with Gasteiger partial charge < -0.3 is 19.7 Å². The Morgan fingerprint density at radius 1 is 1.20 bits per heavy atom. The second kappa shape index (κ2) is 6.69. The van der Waals surface area contributed by atoms with Gasteiger partial charge in [-0.1, -0.05) is 0 Å². The zero-order valence-corrected chi connectivity index (χ0v) is 11.4. The van der Waals surface area contributed by atoms with E-state index in [9.17, 15) is 15.0 Å². The third-order valence-electron chi connectivity index (χ3n) is 3.05. The van der Waals surface area contributed by atoms with Gasteiger partial charge in [-0.05, 0) is 31.2 Å². The number of likely N-dealkylation sites (tertiary alicyclic amines) is 1. The zero-order chi connectivity index (χ0) is 14.5. The lowest BCUT2D eigenvalue weighted by Gasteiger charge is -2.13. The largest absolute Gasteiger partial charge is 0.494 e. The zero-order valence-electron chi connectivity index (χ0n) is 11.4. The highest BCUT2D eigenvalue weighted by atomic mass is 16.5. The van der Waals surface area contributed by atoms with Crippen LogP contribution < -0.4 is 9.47 Å². The van der Waals surface area contributed by atoms with Gasteiger partial charge in [0.2, 0.25) is 0 Å². The maximum atomic E-state index is 11.7. The van der Waals surface area contributed by atoms with Crippen molar-refractivity contribution in [3.63, 3.8) is 0 Å². The van der Waals surface area contributed by atoms with Crippen LogP contribution in [-0.4, -0.2) is 59.5 Å². The molecule has 0 amide bonds. The number of nitrogens with zero attached hydrogens (tertiary/aromatic N) is 1. The summed E-state index contributed by atoms with van der Waals surface area (Å²) in [5.41, 5.74) is 0. The van der Waals surface area contributed by atoms with Gasteiger partial charge in [-0.2, -0.15) is 0 Å². The Morgan fingerprint density at radius 2 is 1.75 bits per heavy atom. The van der Waals surface area contributed by atoms with Crippen LogP contribution in [0.15, 0.2) is 24.3 Å². The van der Waals surface area contributed by atoms with Crippen molar-refractivity contribution in [3.8, 4) is 11.5 Å². The minimum absolute atomic E-state index is 0.0430. The molecule has 1 fully saturated rings. The summed E-state index contributed by atoms with van der Waals surface area (Å²) in [6, 6.07) is 6.79. The summed E-state index contributed by atoms with van der Waals surface area (Å²) in [6.45, 7) is 3.08. The van der Waals surface area contributed by atoms with Crippen LogP contribution in [0.3, 0.4) is 0 Å². The topological polar surface area (TPSA) is 79.2 Å². The monoisotopic (exact) mass is 281 g/mol. The highest BCUT2D eigenvalue weighted by molar-refractivity contribution is 5.74. The molecule has 0 aromatic heterocycles. The molecule has 1 aromatic rings. The number of hydrogen-bond acceptors (Lipinski definition) is 6. The van der Waals surface area contributed by atoms with Crippen molar-refractivity contribution >= 4 is 5.97 Å². The summed E-state index contributed by atoms with van der Waals surface area (Å²) in [5, 5.41) is 18.8. The Morgan fingerprint density at radius 3 is 2.30 bits per heavy atom. The number of carbonyl (C=O) groups excluding carboxylic acids is 1. The van der Waals surface area contributed by atoms with Crippen LogP contribution in [0.1, 0.15) is 6.92 Å². The molecule has 1 heterocycles. The van der Waals surface area contributed by atoms with E-state index in [1.807, 2.05) is 6.92 Å². The normalized spacial score (nSPS) is 22.8. The molecule has 1 aliphatic rings. The van der Waals surface area contributed by atoms with Gasteiger partial charge in [-0.3, -0.25) is 9.69 Å². The summed E-state index contributed by atoms with van der Waals surface area (Å²) in [4.78, 5) is 13.4. The molecule has 2 rings (SSSR count). The quantitative estimate of drug-likeness (QED) is 0.585. The highest BCUT2D eigenvalue weighted by Crippen LogP contribution is 2.18. The molecule has 6 heteroatoms. The van der Waals surface area contributed by atoms with Crippen molar-refractivity contribution in [2.75, 3.05) is 26.2 Å². The molecule has 0 saturated carbocycles. The maximum Gasteiger partial charge on any atom is 0.325 e. The van der Waals surface area contributed by atoms with Crippen molar-refractivity contribution in [1.29, 1.82) is 0 Å². The highest BCUT2D eigenvalue weighted by Gasteiger charge is 2.30. The van der Waals surface area contributed by atoms with Crippen LogP contribution in [0.4, 0.5) is 0 Å². The van der Waals surface area contributed by atoms with Crippen LogP contribution in [0.5, 0.6) is 11.5 Å². The maximum absolute atomic E-state index is 11.7. The minimum Gasteiger partial charge on any atom is -0.494 e. The molecule has 6 nitrogen and oxygen atoms in total. The fourth-order valence-corrected chi connectivity index (χ4v) is 2.09. The number of aliphatic hydroxyl groups is 2. The van der Waals surface area contributed by atoms with Crippen LogP contribution >= 0.6 is 0 Å². The number of rotatable bonds is 5. The van der Waals surface area contributed by atoms with Crippen molar-refractivity contribution in [2.45, 2.75) is 19.1 Å². The number of esters is 1. The predicted molar refractivity (Wildman–Crippen MR) is 71.7 cm³/mol.